The van der Waals surface area contributed by atoms with E-state index < -0.39 is 0 Å². The molecule has 0 fully saturated rings. The number of hydrogen-bond donors (Lipinski definition) is 2. The highest BCUT2D eigenvalue weighted by molar-refractivity contribution is 7.10. The second-order valence-corrected chi connectivity index (χ2v) is 7.76. The van der Waals surface area contributed by atoms with Crippen LogP contribution in [0.4, 0.5) is 4.39 Å². The highest BCUT2D eigenvalue weighted by Gasteiger charge is 2.19. The van der Waals surface area contributed by atoms with Gasteiger partial charge in [0.25, 0.3) is 5.91 Å². The van der Waals surface area contributed by atoms with E-state index in [0.29, 0.717) is 11.6 Å². The molecule has 140 valence electrons. The molecule has 0 bridgehead atoms. The third kappa shape index (κ3) is 5.39. The topological polar surface area (TPSA) is 45.7 Å². The first-order valence-corrected chi connectivity index (χ1v) is 9.95. The second kappa shape index (κ2) is 9.13. The maximum Gasteiger partial charge on any atom is 0.275 e. The largest absolute Gasteiger partial charge is 0.339 e. The maximum atomic E-state index is 13.3. The van der Waals surface area contributed by atoms with E-state index in [9.17, 15) is 9.18 Å². The number of carbonyl (C=O) groups excluding carboxylic acids is 1. The van der Waals surface area contributed by atoms with E-state index in [0.717, 1.165) is 16.0 Å². The van der Waals surface area contributed by atoms with Gasteiger partial charge in [0.15, 0.2) is 6.54 Å². The Labute approximate surface area is 167 Å². The number of amides is 1. The lowest BCUT2D eigenvalue weighted by molar-refractivity contribution is -0.682. The smallest absolute Gasteiger partial charge is 0.275 e. The number of carbonyl (C=O) groups is 1. The fourth-order valence-electron chi connectivity index (χ4n) is 2.84. The molecule has 0 saturated carbocycles. The summed E-state index contributed by atoms with van der Waals surface area (Å²) in [5.41, 5.74) is 1.97. The predicted molar refractivity (Wildman–Crippen MR) is 107 cm³/mol. The van der Waals surface area contributed by atoms with Crippen molar-refractivity contribution >= 4 is 28.8 Å². The molecular weight excluding hydrogens is 383 g/mol. The van der Waals surface area contributed by atoms with Gasteiger partial charge < -0.3 is 10.6 Å². The number of benzene rings is 2. The van der Waals surface area contributed by atoms with Crippen LogP contribution in [0.15, 0.2) is 66.0 Å². The summed E-state index contributed by atoms with van der Waals surface area (Å²) in [4.78, 5) is 13.6. The number of thiophene rings is 1. The average Bonchev–Trinajstić information content (AvgIpc) is 3.20. The molecule has 0 aliphatic carbocycles. The van der Waals surface area contributed by atoms with Crippen molar-refractivity contribution in [2.75, 3.05) is 6.54 Å². The molecule has 6 heteroatoms. The number of hydrogen-bond acceptors (Lipinski definition) is 2. The zero-order valence-electron chi connectivity index (χ0n) is 14.9. The molecule has 0 radical (unpaired) electrons. The van der Waals surface area contributed by atoms with Crippen molar-refractivity contribution in [3.05, 3.63) is 92.9 Å². The van der Waals surface area contributed by atoms with E-state index in [4.69, 9.17) is 11.6 Å². The van der Waals surface area contributed by atoms with Crippen LogP contribution in [0, 0.1) is 5.82 Å². The van der Waals surface area contributed by atoms with Crippen molar-refractivity contribution in [1.29, 1.82) is 0 Å². The molecule has 0 aliphatic rings. The molecule has 3 rings (SSSR count). The van der Waals surface area contributed by atoms with Crippen LogP contribution in [-0.2, 0) is 4.79 Å². The van der Waals surface area contributed by atoms with E-state index in [1.807, 2.05) is 54.0 Å². The van der Waals surface area contributed by atoms with Gasteiger partial charge in [-0.05, 0) is 48.2 Å². The predicted octanol–water partition coefficient (Wildman–Crippen LogP) is 4.07. The van der Waals surface area contributed by atoms with Gasteiger partial charge in [0.05, 0.1) is 6.04 Å². The summed E-state index contributed by atoms with van der Waals surface area (Å²) in [6.07, 6.45) is 0. The number of nitrogens with two attached hydrogens (primary N) is 1. The third-order valence-corrected chi connectivity index (χ3v) is 5.58. The van der Waals surface area contributed by atoms with Gasteiger partial charge >= 0.3 is 0 Å². The summed E-state index contributed by atoms with van der Waals surface area (Å²) in [7, 11) is 0. The van der Waals surface area contributed by atoms with Crippen LogP contribution in [0.2, 0.25) is 5.02 Å². The Kier molecular flexibility index (Phi) is 6.61. The first-order valence-electron chi connectivity index (χ1n) is 8.70. The molecule has 0 saturated heterocycles. The lowest BCUT2D eigenvalue weighted by Crippen LogP contribution is -2.87. The van der Waals surface area contributed by atoms with Gasteiger partial charge in [-0.2, -0.15) is 0 Å². The molecule has 27 heavy (non-hydrogen) atoms. The molecule has 2 aromatic carbocycles. The molecule has 3 nitrogen and oxygen atoms in total. The Morgan fingerprint density at radius 3 is 2.41 bits per heavy atom. The number of nitrogens with one attached hydrogen (secondary N) is 1. The van der Waals surface area contributed by atoms with Crippen molar-refractivity contribution < 1.29 is 14.5 Å². The molecule has 1 aromatic heterocycles. The summed E-state index contributed by atoms with van der Waals surface area (Å²) in [5.74, 6) is -0.362. The van der Waals surface area contributed by atoms with Gasteiger partial charge in [0, 0.05) is 15.5 Å². The van der Waals surface area contributed by atoms with Gasteiger partial charge in [-0.3, -0.25) is 4.79 Å². The van der Waals surface area contributed by atoms with E-state index in [-0.39, 0.29) is 23.8 Å². The van der Waals surface area contributed by atoms with Gasteiger partial charge in [-0.15, -0.1) is 11.3 Å². The van der Waals surface area contributed by atoms with Crippen LogP contribution in [0.1, 0.15) is 35.0 Å². The zero-order chi connectivity index (χ0) is 19.2. The summed E-state index contributed by atoms with van der Waals surface area (Å²) in [5, 5.41) is 7.71. The highest BCUT2D eigenvalue weighted by Crippen LogP contribution is 2.26. The maximum absolute atomic E-state index is 13.3. The quantitative estimate of drug-likeness (QED) is 0.613. The Balaban J connectivity index is 1.64. The first-order chi connectivity index (χ1) is 13.0. The minimum absolute atomic E-state index is 0.0708. The number of rotatable bonds is 7. The molecular formula is C21H21ClFN2OS+. The fraction of sp³-hybridized carbons (Fsp3) is 0.190. The Hall–Kier alpha value is -2.21. The zero-order valence-corrected chi connectivity index (χ0v) is 16.4. The van der Waals surface area contributed by atoms with Crippen LogP contribution in [-0.4, -0.2) is 12.5 Å². The Bertz CT molecular complexity index is 866. The molecule has 3 N–H and O–H groups in total. The molecule has 1 heterocycles. The molecule has 1 amide bonds. The van der Waals surface area contributed by atoms with Crippen molar-refractivity contribution in [3.63, 3.8) is 0 Å². The monoisotopic (exact) mass is 403 g/mol. The van der Waals surface area contributed by atoms with E-state index in [1.54, 1.807) is 23.5 Å². The van der Waals surface area contributed by atoms with Crippen molar-refractivity contribution in [3.8, 4) is 0 Å². The van der Waals surface area contributed by atoms with Crippen molar-refractivity contribution in [2.45, 2.75) is 19.0 Å². The van der Waals surface area contributed by atoms with E-state index in [1.165, 1.54) is 12.1 Å². The second-order valence-electron chi connectivity index (χ2n) is 6.35. The van der Waals surface area contributed by atoms with Gasteiger partial charge in [-0.25, -0.2) is 4.39 Å². The van der Waals surface area contributed by atoms with Crippen LogP contribution < -0.4 is 10.6 Å². The van der Waals surface area contributed by atoms with Crippen LogP contribution in [0.3, 0.4) is 0 Å². The van der Waals surface area contributed by atoms with E-state index >= 15 is 0 Å². The molecule has 0 aliphatic heterocycles. The number of halogens is 2. The van der Waals surface area contributed by atoms with Crippen LogP contribution in [0.5, 0.6) is 0 Å². The lowest BCUT2D eigenvalue weighted by atomic mass is 10.1. The minimum atomic E-state index is -0.292. The van der Waals surface area contributed by atoms with Crippen LogP contribution in [0.25, 0.3) is 0 Å². The van der Waals surface area contributed by atoms with Gasteiger partial charge in [0.1, 0.15) is 11.9 Å². The fourth-order valence-corrected chi connectivity index (χ4v) is 3.76. The number of quaternary nitrogens is 1. The molecule has 2 atom stereocenters. The summed E-state index contributed by atoms with van der Waals surface area (Å²) >= 11 is 7.48. The normalized spacial score (nSPS) is 13.1. The Morgan fingerprint density at radius 2 is 1.78 bits per heavy atom. The molecule has 0 spiro atoms. The summed E-state index contributed by atoms with van der Waals surface area (Å²) < 4.78 is 13.3. The van der Waals surface area contributed by atoms with Gasteiger partial charge in [-0.1, -0.05) is 41.9 Å². The third-order valence-electron chi connectivity index (χ3n) is 4.39. The van der Waals surface area contributed by atoms with Gasteiger partial charge in [0.2, 0.25) is 0 Å². The summed E-state index contributed by atoms with van der Waals surface area (Å²) in [6.45, 7) is 2.35. The minimum Gasteiger partial charge on any atom is -0.339 e. The standard InChI is InChI=1S/C21H20ClFN2OS/c1-14(15-4-8-17(22)9-5-15)24-13-20(26)25-21(19-3-2-12-27-19)16-6-10-18(23)11-7-16/h2-12,14,21,24H,13H2,1H3,(H,25,26)/p+1/t14-,21+/m0/s1. The Morgan fingerprint density at radius 1 is 1.11 bits per heavy atom. The summed E-state index contributed by atoms with van der Waals surface area (Å²) in [6, 6.07) is 17.6. The SMILES string of the molecule is C[C@H]([NH2+]CC(=O)N[C@H](c1ccc(F)cc1)c1cccs1)c1ccc(Cl)cc1. The average molecular weight is 404 g/mol. The molecule has 3 aromatic rings. The van der Waals surface area contributed by atoms with Crippen molar-refractivity contribution in [1.82, 2.24) is 5.32 Å². The lowest BCUT2D eigenvalue weighted by Gasteiger charge is -2.18. The first kappa shape index (κ1) is 19.5. The van der Waals surface area contributed by atoms with Crippen LogP contribution >= 0.6 is 22.9 Å². The van der Waals surface area contributed by atoms with E-state index in [2.05, 4.69) is 5.32 Å². The highest BCUT2D eigenvalue weighted by atomic mass is 35.5. The van der Waals surface area contributed by atoms with Crippen molar-refractivity contribution in [2.24, 2.45) is 0 Å². The molecule has 0 unspecified atom stereocenters.